The molecular weight excluding hydrogens is 264 g/mol. The molecule has 1 heterocycles. The standard InChI is InChI=1S/C17H20N2O2/c20-11-10-19(15-7-8-15)13-14-4-1-2-6-17(14)21-16-5-3-9-18-12-16/h1-6,9,12,15,20H,7-8,10-11,13H2. The molecule has 4 heteroatoms. The Kier molecular flexibility index (Phi) is 4.48. The Labute approximate surface area is 125 Å². The second kappa shape index (κ2) is 6.70. The molecular formula is C17H20N2O2. The third-order valence-corrected chi connectivity index (χ3v) is 3.66. The largest absolute Gasteiger partial charge is 0.455 e. The lowest BCUT2D eigenvalue weighted by Gasteiger charge is -2.22. The maximum Gasteiger partial charge on any atom is 0.145 e. The third kappa shape index (κ3) is 3.80. The molecule has 1 aliphatic rings. The average Bonchev–Trinajstić information content (AvgIpc) is 3.34. The highest BCUT2D eigenvalue weighted by molar-refractivity contribution is 5.37. The first-order chi connectivity index (χ1) is 10.4. The first-order valence-electron chi connectivity index (χ1n) is 7.37. The van der Waals surface area contributed by atoms with Crippen molar-refractivity contribution in [3.63, 3.8) is 0 Å². The molecule has 0 atom stereocenters. The van der Waals surface area contributed by atoms with Gasteiger partial charge >= 0.3 is 0 Å². The summed E-state index contributed by atoms with van der Waals surface area (Å²) in [7, 11) is 0. The van der Waals surface area contributed by atoms with Crippen LogP contribution in [0.5, 0.6) is 11.5 Å². The first kappa shape index (κ1) is 14.0. The summed E-state index contributed by atoms with van der Waals surface area (Å²) in [5.74, 6) is 1.60. The summed E-state index contributed by atoms with van der Waals surface area (Å²) in [6, 6.07) is 12.4. The van der Waals surface area contributed by atoms with E-state index in [4.69, 9.17) is 4.74 Å². The van der Waals surface area contributed by atoms with Gasteiger partial charge < -0.3 is 9.84 Å². The molecule has 4 nitrogen and oxygen atoms in total. The van der Waals surface area contributed by atoms with Gasteiger partial charge in [0.15, 0.2) is 0 Å². The quantitative estimate of drug-likeness (QED) is 0.849. The molecule has 0 spiro atoms. The van der Waals surface area contributed by atoms with E-state index >= 15 is 0 Å². The number of aliphatic hydroxyl groups is 1. The van der Waals surface area contributed by atoms with Crippen LogP contribution < -0.4 is 4.74 Å². The zero-order valence-corrected chi connectivity index (χ0v) is 12.0. The summed E-state index contributed by atoms with van der Waals surface area (Å²) in [5, 5.41) is 9.21. The van der Waals surface area contributed by atoms with Crippen molar-refractivity contribution in [1.29, 1.82) is 0 Å². The van der Waals surface area contributed by atoms with Crippen LogP contribution in [0.4, 0.5) is 0 Å². The van der Waals surface area contributed by atoms with E-state index in [9.17, 15) is 5.11 Å². The average molecular weight is 284 g/mol. The van der Waals surface area contributed by atoms with Crippen molar-refractivity contribution in [2.24, 2.45) is 0 Å². The molecule has 0 unspecified atom stereocenters. The molecule has 1 aromatic carbocycles. The zero-order valence-electron chi connectivity index (χ0n) is 12.0. The Balaban J connectivity index is 1.75. The van der Waals surface area contributed by atoms with Gasteiger partial charge in [-0.3, -0.25) is 9.88 Å². The number of nitrogens with zero attached hydrogens (tertiary/aromatic N) is 2. The molecule has 110 valence electrons. The lowest BCUT2D eigenvalue weighted by atomic mass is 10.2. The number of aliphatic hydroxyl groups excluding tert-OH is 1. The van der Waals surface area contributed by atoms with E-state index in [2.05, 4.69) is 16.0 Å². The maximum absolute atomic E-state index is 9.21. The van der Waals surface area contributed by atoms with Gasteiger partial charge in [-0.25, -0.2) is 0 Å². The van der Waals surface area contributed by atoms with Crippen LogP contribution in [0.25, 0.3) is 0 Å². The van der Waals surface area contributed by atoms with Gasteiger partial charge in [0, 0.05) is 30.9 Å². The lowest BCUT2D eigenvalue weighted by Crippen LogP contribution is -2.28. The number of hydrogen-bond donors (Lipinski definition) is 1. The van der Waals surface area contributed by atoms with Gasteiger partial charge in [-0.05, 0) is 31.0 Å². The molecule has 1 N–H and O–H groups in total. The van der Waals surface area contributed by atoms with Gasteiger partial charge in [0.25, 0.3) is 0 Å². The second-order valence-electron chi connectivity index (χ2n) is 5.32. The molecule has 0 saturated heterocycles. The van der Waals surface area contributed by atoms with Crippen molar-refractivity contribution in [3.8, 4) is 11.5 Å². The molecule has 1 aliphatic carbocycles. The number of aromatic nitrogens is 1. The van der Waals surface area contributed by atoms with Gasteiger partial charge in [-0.1, -0.05) is 18.2 Å². The third-order valence-electron chi connectivity index (χ3n) is 3.66. The highest BCUT2D eigenvalue weighted by atomic mass is 16.5. The van der Waals surface area contributed by atoms with Crippen molar-refractivity contribution in [2.75, 3.05) is 13.2 Å². The highest BCUT2D eigenvalue weighted by Gasteiger charge is 2.28. The van der Waals surface area contributed by atoms with E-state index in [1.54, 1.807) is 12.4 Å². The smallest absolute Gasteiger partial charge is 0.145 e. The summed E-state index contributed by atoms with van der Waals surface area (Å²) in [4.78, 5) is 6.40. The molecule has 0 aliphatic heterocycles. The molecule has 0 radical (unpaired) electrons. The summed E-state index contributed by atoms with van der Waals surface area (Å²) in [6.45, 7) is 1.72. The summed E-state index contributed by atoms with van der Waals surface area (Å²) in [6.07, 6.45) is 5.90. The fourth-order valence-corrected chi connectivity index (χ4v) is 2.45. The monoisotopic (exact) mass is 284 g/mol. The van der Waals surface area contributed by atoms with Crippen molar-refractivity contribution >= 4 is 0 Å². The van der Waals surface area contributed by atoms with Crippen molar-refractivity contribution < 1.29 is 9.84 Å². The Morgan fingerprint density at radius 2 is 2.05 bits per heavy atom. The Morgan fingerprint density at radius 1 is 1.19 bits per heavy atom. The Morgan fingerprint density at radius 3 is 2.76 bits per heavy atom. The predicted molar refractivity (Wildman–Crippen MR) is 81.3 cm³/mol. The van der Waals surface area contributed by atoms with Crippen LogP contribution in [0.1, 0.15) is 18.4 Å². The fraction of sp³-hybridized carbons (Fsp3) is 0.353. The highest BCUT2D eigenvalue weighted by Crippen LogP contribution is 2.31. The van der Waals surface area contributed by atoms with Crippen LogP contribution in [0.15, 0.2) is 48.8 Å². The van der Waals surface area contributed by atoms with Crippen LogP contribution >= 0.6 is 0 Å². The maximum atomic E-state index is 9.21. The molecule has 0 bridgehead atoms. The molecule has 1 saturated carbocycles. The number of rotatable bonds is 7. The SMILES string of the molecule is OCCN(Cc1ccccc1Oc1cccnc1)C1CC1. The summed E-state index contributed by atoms with van der Waals surface area (Å²) < 4.78 is 5.94. The number of hydrogen-bond acceptors (Lipinski definition) is 4. The van der Waals surface area contributed by atoms with E-state index in [0.29, 0.717) is 12.6 Å². The molecule has 1 aromatic heterocycles. The van der Waals surface area contributed by atoms with Gasteiger partial charge in [0.2, 0.25) is 0 Å². The minimum absolute atomic E-state index is 0.197. The predicted octanol–water partition coefficient (Wildman–Crippen LogP) is 2.83. The normalized spacial score (nSPS) is 14.4. The van der Waals surface area contributed by atoms with Gasteiger partial charge in [-0.15, -0.1) is 0 Å². The lowest BCUT2D eigenvalue weighted by molar-refractivity contribution is 0.182. The van der Waals surface area contributed by atoms with Crippen LogP contribution in [-0.4, -0.2) is 34.2 Å². The molecule has 3 rings (SSSR count). The fourth-order valence-electron chi connectivity index (χ4n) is 2.45. The van der Waals surface area contributed by atoms with Gasteiger partial charge in [0.05, 0.1) is 12.8 Å². The Bertz CT molecular complexity index is 570. The topological polar surface area (TPSA) is 45.6 Å². The van der Waals surface area contributed by atoms with Crippen molar-refractivity contribution in [1.82, 2.24) is 9.88 Å². The first-order valence-corrected chi connectivity index (χ1v) is 7.37. The van der Waals surface area contributed by atoms with Crippen molar-refractivity contribution in [2.45, 2.75) is 25.4 Å². The van der Waals surface area contributed by atoms with Crippen LogP contribution in [0.3, 0.4) is 0 Å². The van der Waals surface area contributed by atoms with E-state index < -0.39 is 0 Å². The van der Waals surface area contributed by atoms with E-state index in [1.807, 2.05) is 30.3 Å². The number of ether oxygens (including phenoxy) is 1. The summed E-state index contributed by atoms with van der Waals surface area (Å²) >= 11 is 0. The number of benzene rings is 1. The van der Waals surface area contributed by atoms with Crippen LogP contribution in [0.2, 0.25) is 0 Å². The molecule has 2 aromatic rings. The minimum Gasteiger partial charge on any atom is -0.455 e. The zero-order chi connectivity index (χ0) is 14.5. The number of para-hydroxylation sites is 1. The molecule has 1 fully saturated rings. The van der Waals surface area contributed by atoms with Crippen LogP contribution in [0, 0.1) is 0 Å². The van der Waals surface area contributed by atoms with Crippen molar-refractivity contribution in [3.05, 3.63) is 54.4 Å². The number of pyridine rings is 1. The molecule has 0 amide bonds. The van der Waals surface area contributed by atoms with E-state index in [-0.39, 0.29) is 6.61 Å². The minimum atomic E-state index is 0.197. The molecule has 21 heavy (non-hydrogen) atoms. The van der Waals surface area contributed by atoms with Gasteiger partial charge in [-0.2, -0.15) is 0 Å². The summed E-state index contributed by atoms with van der Waals surface area (Å²) in [5.41, 5.74) is 1.14. The second-order valence-corrected chi connectivity index (χ2v) is 5.32. The van der Waals surface area contributed by atoms with Crippen LogP contribution in [-0.2, 0) is 6.54 Å². The van der Waals surface area contributed by atoms with E-state index in [0.717, 1.165) is 23.6 Å². The Hall–Kier alpha value is -1.91. The van der Waals surface area contributed by atoms with E-state index in [1.165, 1.54) is 12.8 Å². The van der Waals surface area contributed by atoms with Gasteiger partial charge in [0.1, 0.15) is 11.5 Å².